The van der Waals surface area contributed by atoms with Gasteiger partial charge in [-0.05, 0) is 22.4 Å². The van der Waals surface area contributed by atoms with Crippen LogP contribution in [0.2, 0.25) is 0 Å². The van der Waals surface area contributed by atoms with E-state index in [1.165, 1.54) is 0 Å². The molecule has 1 atom stereocenters. The number of aryl methyl sites for hydroxylation is 1. The van der Waals surface area contributed by atoms with Gasteiger partial charge >= 0.3 is 0 Å². The van der Waals surface area contributed by atoms with E-state index < -0.39 is 0 Å². The predicted octanol–water partition coefficient (Wildman–Crippen LogP) is 2.53. The molecular formula is C8H13BrN2S. The van der Waals surface area contributed by atoms with Crippen molar-refractivity contribution in [3.63, 3.8) is 0 Å². The van der Waals surface area contributed by atoms with Crippen molar-refractivity contribution in [2.75, 3.05) is 6.54 Å². The van der Waals surface area contributed by atoms with Gasteiger partial charge in [0, 0.05) is 12.5 Å². The van der Waals surface area contributed by atoms with E-state index in [-0.39, 0.29) is 0 Å². The van der Waals surface area contributed by atoms with Gasteiger partial charge < -0.3 is 5.73 Å². The topological polar surface area (TPSA) is 38.9 Å². The Labute approximate surface area is 85.3 Å². The highest BCUT2D eigenvalue weighted by molar-refractivity contribution is 9.11. The first-order valence-electron chi connectivity index (χ1n) is 4.04. The molecule has 1 heterocycles. The summed E-state index contributed by atoms with van der Waals surface area (Å²) >= 11 is 5.19. The minimum atomic E-state index is 0.381. The van der Waals surface area contributed by atoms with Crippen LogP contribution >= 0.6 is 27.3 Å². The Morgan fingerprint density at radius 3 is 2.75 bits per heavy atom. The molecule has 12 heavy (non-hydrogen) atoms. The summed E-state index contributed by atoms with van der Waals surface area (Å²) in [6.07, 6.45) is 0.981. The van der Waals surface area contributed by atoms with Crippen molar-refractivity contribution in [1.82, 2.24) is 4.98 Å². The summed E-state index contributed by atoms with van der Waals surface area (Å²) in [7, 11) is 0. The molecule has 0 radical (unpaired) electrons. The van der Waals surface area contributed by atoms with Crippen molar-refractivity contribution in [3.05, 3.63) is 14.5 Å². The average molecular weight is 249 g/mol. The van der Waals surface area contributed by atoms with Crippen LogP contribution in [0.4, 0.5) is 0 Å². The smallest absolute Gasteiger partial charge is 0.0980 e. The highest BCUT2D eigenvalue weighted by atomic mass is 79.9. The lowest BCUT2D eigenvalue weighted by molar-refractivity contribution is 0.760. The summed E-state index contributed by atoms with van der Waals surface area (Å²) < 4.78 is 1.15. The van der Waals surface area contributed by atoms with Crippen LogP contribution in [-0.2, 0) is 6.42 Å². The third-order valence-electron chi connectivity index (χ3n) is 1.78. The van der Waals surface area contributed by atoms with E-state index in [1.54, 1.807) is 11.3 Å². The molecule has 0 aliphatic rings. The Morgan fingerprint density at radius 1 is 1.67 bits per heavy atom. The predicted molar refractivity (Wildman–Crippen MR) is 56.7 cm³/mol. The molecule has 0 fully saturated rings. The molecule has 4 heteroatoms. The lowest BCUT2D eigenvalue weighted by atomic mass is 10.2. The van der Waals surface area contributed by atoms with E-state index >= 15 is 0 Å². The lowest BCUT2D eigenvalue weighted by Crippen LogP contribution is -2.08. The summed E-state index contributed by atoms with van der Waals surface area (Å²) in [6.45, 7) is 4.88. The van der Waals surface area contributed by atoms with Crippen LogP contribution in [0.25, 0.3) is 0 Å². The van der Waals surface area contributed by atoms with E-state index in [2.05, 4.69) is 34.8 Å². The van der Waals surface area contributed by atoms with Crippen LogP contribution in [-0.4, -0.2) is 11.5 Å². The normalized spacial score (nSPS) is 13.3. The molecule has 2 nitrogen and oxygen atoms in total. The Kier molecular flexibility index (Phi) is 3.68. The van der Waals surface area contributed by atoms with Gasteiger partial charge in [0.05, 0.1) is 14.5 Å². The van der Waals surface area contributed by atoms with Crippen molar-refractivity contribution in [2.45, 2.75) is 26.2 Å². The molecule has 1 rings (SSSR count). The summed E-state index contributed by atoms with van der Waals surface area (Å²) in [6, 6.07) is 0. The maximum Gasteiger partial charge on any atom is 0.0980 e. The molecule has 0 aliphatic heterocycles. The van der Waals surface area contributed by atoms with Crippen LogP contribution in [0, 0.1) is 0 Å². The highest BCUT2D eigenvalue weighted by Crippen LogP contribution is 2.29. The fourth-order valence-corrected chi connectivity index (χ4v) is 2.69. The molecule has 1 aromatic heterocycles. The zero-order valence-electron chi connectivity index (χ0n) is 7.30. The molecule has 68 valence electrons. The van der Waals surface area contributed by atoms with E-state index in [0.717, 1.165) is 20.9 Å². The zero-order chi connectivity index (χ0) is 9.14. The molecule has 0 bridgehead atoms. The quantitative estimate of drug-likeness (QED) is 0.894. The number of nitrogens with zero attached hydrogens (tertiary/aromatic N) is 1. The fraction of sp³-hybridized carbons (Fsp3) is 0.625. The molecular weight excluding hydrogens is 236 g/mol. The van der Waals surface area contributed by atoms with Gasteiger partial charge in [-0.15, -0.1) is 11.3 Å². The highest BCUT2D eigenvalue weighted by Gasteiger charge is 2.11. The largest absolute Gasteiger partial charge is 0.330 e. The van der Waals surface area contributed by atoms with Crippen molar-refractivity contribution in [1.29, 1.82) is 0 Å². The first-order valence-corrected chi connectivity index (χ1v) is 5.65. The summed E-state index contributed by atoms with van der Waals surface area (Å²) in [5.41, 5.74) is 6.70. The Bertz CT molecular complexity index is 260. The van der Waals surface area contributed by atoms with Crippen LogP contribution in [0.15, 0.2) is 3.79 Å². The van der Waals surface area contributed by atoms with Crippen LogP contribution in [0.5, 0.6) is 0 Å². The van der Waals surface area contributed by atoms with Gasteiger partial charge in [-0.25, -0.2) is 4.98 Å². The van der Waals surface area contributed by atoms with Gasteiger partial charge in [-0.2, -0.15) is 0 Å². The van der Waals surface area contributed by atoms with Crippen LogP contribution in [0.3, 0.4) is 0 Å². The number of hydrogen-bond donors (Lipinski definition) is 1. The number of thiazole rings is 1. The Hall–Kier alpha value is 0.0700. The maximum absolute atomic E-state index is 5.56. The number of aromatic nitrogens is 1. The average Bonchev–Trinajstić information content (AvgIpc) is 2.45. The molecule has 1 unspecified atom stereocenters. The van der Waals surface area contributed by atoms with E-state index in [4.69, 9.17) is 5.73 Å². The second-order valence-electron chi connectivity index (χ2n) is 2.76. The monoisotopic (exact) mass is 248 g/mol. The first kappa shape index (κ1) is 10.2. The summed E-state index contributed by atoms with van der Waals surface area (Å²) in [4.78, 5) is 4.49. The minimum absolute atomic E-state index is 0.381. The van der Waals surface area contributed by atoms with Crippen molar-refractivity contribution < 1.29 is 0 Å². The molecule has 0 saturated carbocycles. The summed E-state index contributed by atoms with van der Waals surface area (Å²) in [5, 5.41) is 1.14. The van der Waals surface area contributed by atoms with Gasteiger partial charge in [0.25, 0.3) is 0 Å². The zero-order valence-corrected chi connectivity index (χ0v) is 9.70. The van der Waals surface area contributed by atoms with Gasteiger partial charge in [0.1, 0.15) is 0 Å². The standard InChI is InChI=1S/C8H13BrN2S/c1-3-6-7(9)12-8(11-6)5(2)4-10/h5H,3-4,10H2,1-2H3. The third-order valence-corrected chi connectivity index (χ3v) is 3.84. The number of halogens is 1. The van der Waals surface area contributed by atoms with Crippen LogP contribution in [0.1, 0.15) is 30.5 Å². The SMILES string of the molecule is CCc1nc(C(C)CN)sc1Br. The fourth-order valence-electron chi connectivity index (χ4n) is 0.880. The number of rotatable bonds is 3. The molecule has 0 saturated heterocycles. The van der Waals surface area contributed by atoms with Gasteiger partial charge in [0.2, 0.25) is 0 Å². The molecule has 1 aromatic rings. The van der Waals surface area contributed by atoms with Gasteiger partial charge in [0.15, 0.2) is 0 Å². The summed E-state index contributed by atoms with van der Waals surface area (Å²) in [5.74, 6) is 0.381. The van der Waals surface area contributed by atoms with Gasteiger partial charge in [-0.3, -0.25) is 0 Å². The van der Waals surface area contributed by atoms with E-state index in [9.17, 15) is 0 Å². The Balaban J connectivity index is 2.88. The third kappa shape index (κ3) is 2.06. The molecule has 0 amide bonds. The van der Waals surface area contributed by atoms with E-state index in [1.807, 2.05) is 0 Å². The second-order valence-corrected chi connectivity index (χ2v) is 5.11. The van der Waals surface area contributed by atoms with Crippen molar-refractivity contribution in [3.8, 4) is 0 Å². The minimum Gasteiger partial charge on any atom is -0.330 e. The number of hydrogen-bond acceptors (Lipinski definition) is 3. The maximum atomic E-state index is 5.56. The molecule has 0 aromatic carbocycles. The van der Waals surface area contributed by atoms with E-state index in [0.29, 0.717) is 12.5 Å². The lowest BCUT2D eigenvalue weighted by Gasteiger charge is -2.01. The molecule has 2 N–H and O–H groups in total. The van der Waals surface area contributed by atoms with Crippen molar-refractivity contribution >= 4 is 27.3 Å². The first-order chi connectivity index (χ1) is 5.69. The van der Waals surface area contributed by atoms with Crippen LogP contribution < -0.4 is 5.73 Å². The molecule has 0 aliphatic carbocycles. The Morgan fingerprint density at radius 2 is 2.33 bits per heavy atom. The number of nitrogens with two attached hydrogens (primary N) is 1. The molecule has 0 spiro atoms. The second kappa shape index (κ2) is 4.35. The van der Waals surface area contributed by atoms with Gasteiger partial charge in [-0.1, -0.05) is 13.8 Å². The van der Waals surface area contributed by atoms with Crippen molar-refractivity contribution in [2.24, 2.45) is 5.73 Å².